The van der Waals surface area contributed by atoms with Crippen LogP contribution >= 0.6 is 11.8 Å². The van der Waals surface area contributed by atoms with E-state index in [1.165, 1.54) is 23.9 Å². The van der Waals surface area contributed by atoms with Crippen molar-refractivity contribution in [3.05, 3.63) is 84.3 Å². The predicted octanol–water partition coefficient (Wildman–Crippen LogP) is 4.67. The Bertz CT molecular complexity index is 1400. The van der Waals surface area contributed by atoms with Crippen molar-refractivity contribution >= 4 is 40.2 Å². The number of rotatable bonds is 8. The van der Waals surface area contributed by atoms with Gasteiger partial charge in [-0.2, -0.15) is 0 Å². The first-order chi connectivity index (χ1) is 17.1. The zero-order chi connectivity index (χ0) is 24.2. The number of anilines is 1. The summed E-state index contributed by atoms with van der Waals surface area (Å²) < 4.78 is 26.5. The summed E-state index contributed by atoms with van der Waals surface area (Å²) in [4.78, 5) is 25.8. The second-order valence-electron chi connectivity index (χ2n) is 7.84. The highest BCUT2D eigenvalue weighted by Gasteiger charge is 2.16. The van der Waals surface area contributed by atoms with Crippen molar-refractivity contribution in [3.8, 4) is 11.5 Å². The summed E-state index contributed by atoms with van der Waals surface area (Å²) in [5.41, 5.74) is 1.66. The Balaban J connectivity index is 1.21. The van der Waals surface area contributed by atoms with E-state index in [0.717, 1.165) is 15.8 Å². The predicted molar refractivity (Wildman–Crippen MR) is 133 cm³/mol. The normalized spacial score (nSPS) is 12.0. The summed E-state index contributed by atoms with van der Waals surface area (Å²) in [5.74, 6) is 0.370. The molecule has 0 bridgehead atoms. The number of para-hydroxylation sites is 1. The molecule has 35 heavy (non-hydrogen) atoms. The molecule has 0 saturated carbocycles. The van der Waals surface area contributed by atoms with Gasteiger partial charge in [0.05, 0.1) is 11.3 Å². The molecular weight excluding hydrogens is 469 g/mol. The molecule has 9 heteroatoms. The van der Waals surface area contributed by atoms with Crippen LogP contribution in [0.15, 0.2) is 77.8 Å². The molecule has 0 saturated heterocycles. The van der Waals surface area contributed by atoms with Gasteiger partial charge in [-0.3, -0.25) is 9.59 Å². The molecule has 0 atom stereocenters. The Labute approximate surface area is 205 Å². The topological polar surface area (TPSA) is 81.6 Å². The van der Waals surface area contributed by atoms with E-state index in [9.17, 15) is 14.0 Å². The van der Waals surface area contributed by atoms with Gasteiger partial charge < -0.3 is 24.7 Å². The van der Waals surface area contributed by atoms with Crippen LogP contribution in [0.5, 0.6) is 11.5 Å². The van der Waals surface area contributed by atoms with Crippen molar-refractivity contribution in [1.29, 1.82) is 0 Å². The number of hydrogen-bond donors (Lipinski definition) is 2. The Hall–Kier alpha value is -3.98. The van der Waals surface area contributed by atoms with E-state index in [2.05, 4.69) is 10.6 Å². The van der Waals surface area contributed by atoms with E-state index in [0.29, 0.717) is 30.3 Å². The first-order valence-electron chi connectivity index (χ1n) is 11.0. The lowest BCUT2D eigenvalue weighted by Gasteiger charge is -2.08. The van der Waals surface area contributed by atoms with E-state index >= 15 is 0 Å². The number of ether oxygens (including phenoxy) is 2. The monoisotopic (exact) mass is 491 g/mol. The molecule has 0 unspecified atom stereocenters. The molecule has 3 aromatic carbocycles. The summed E-state index contributed by atoms with van der Waals surface area (Å²) in [5, 5.41) is 6.67. The molecule has 2 heterocycles. The molecule has 7 nitrogen and oxygen atoms in total. The third-order valence-corrected chi connectivity index (χ3v) is 6.57. The second-order valence-corrected chi connectivity index (χ2v) is 8.86. The van der Waals surface area contributed by atoms with Gasteiger partial charge in [-0.25, -0.2) is 4.39 Å². The summed E-state index contributed by atoms with van der Waals surface area (Å²) >= 11 is 1.44. The van der Waals surface area contributed by atoms with Crippen LogP contribution in [0.25, 0.3) is 10.9 Å². The van der Waals surface area contributed by atoms with E-state index in [-0.39, 0.29) is 24.0 Å². The maximum Gasteiger partial charge on any atom is 0.254 e. The minimum Gasteiger partial charge on any atom is -0.454 e. The van der Waals surface area contributed by atoms with Gasteiger partial charge in [0.25, 0.3) is 5.91 Å². The maximum atomic E-state index is 13.8. The van der Waals surface area contributed by atoms with Gasteiger partial charge in [0, 0.05) is 46.8 Å². The van der Waals surface area contributed by atoms with E-state index < -0.39 is 11.7 Å². The number of benzene rings is 3. The Morgan fingerprint density at radius 2 is 1.80 bits per heavy atom. The molecule has 0 fully saturated rings. The molecule has 2 N–H and O–H groups in total. The molecule has 1 aliphatic heterocycles. The van der Waals surface area contributed by atoms with Crippen LogP contribution in [-0.2, 0) is 11.3 Å². The Morgan fingerprint density at radius 1 is 1.00 bits per heavy atom. The summed E-state index contributed by atoms with van der Waals surface area (Å²) in [7, 11) is 0. The fraction of sp³-hybridized carbons (Fsp3) is 0.154. The molecule has 0 radical (unpaired) electrons. The number of amides is 2. The average molecular weight is 492 g/mol. The molecule has 5 rings (SSSR count). The molecule has 1 aromatic heterocycles. The van der Waals surface area contributed by atoms with Crippen molar-refractivity contribution in [3.63, 3.8) is 0 Å². The molecule has 4 aromatic rings. The van der Waals surface area contributed by atoms with Crippen molar-refractivity contribution in [2.45, 2.75) is 11.4 Å². The Morgan fingerprint density at radius 3 is 2.69 bits per heavy atom. The SMILES string of the molecule is O=C(CSc1cn(CCNC(=O)c2ccccc2F)c2ccccc12)Nc1ccc2c(c1)OCO2. The van der Waals surface area contributed by atoms with Crippen LogP contribution in [0.3, 0.4) is 0 Å². The number of nitrogens with one attached hydrogen (secondary N) is 2. The van der Waals surface area contributed by atoms with Crippen LogP contribution < -0.4 is 20.1 Å². The van der Waals surface area contributed by atoms with Crippen LogP contribution in [0.2, 0.25) is 0 Å². The van der Waals surface area contributed by atoms with Crippen molar-refractivity contribution < 1.29 is 23.5 Å². The van der Waals surface area contributed by atoms with Gasteiger partial charge >= 0.3 is 0 Å². The number of thioether (sulfide) groups is 1. The highest BCUT2D eigenvalue weighted by atomic mass is 32.2. The van der Waals surface area contributed by atoms with Crippen LogP contribution in [-0.4, -0.2) is 35.5 Å². The standard InChI is InChI=1S/C26H22FN3O4S/c27-20-7-3-1-5-18(20)26(32)28-11-12-30-14-24(19-6-2-4-8-21(19)30)35-15-25(31)29-17-9-10-22-23(13-17)34-16-33-22/h1-10,13-14H,11-12,15-16H2,(H,28,32)(H,29,31). The van der Waals surface area contributed by atoms with Gasteiger partial charge in [-0.15, -0.1) is 11.8 Å². The molecule has 2 amide bonds. The first kappa shape index (κ1) is 22.8. The quantitative estimate of drug-likeness (QED) is 0.350. The zero-order valence-corrected chi connectivity index (χ0v) is 19.4. The fourth-order valence-corrected chi connectivity index (χ4v) is 4.75. The lowest BCUT2D eigenvalue weighted by molar-refractivity contribution is -0.113. The van der Waals surface area contributed by atoms with Crippen molar-refractivity contribution in [1.82, 2.24) is 9.88 Å². The van der Waals surface area contributed by atoms with Gasteiger partial charge in [0.15, 0.2) is 11.5 Å². The van der Waals surface area contributed by atoms with Crippen LogP contribution in [0.4, 0.5) is 10.1 Å². The highest BCUT2D eigenvalue weighted by Crippen LogP contribution is 2.34. The lowest BCUT2D eigenvalue weighted by Crippen LogP contribution is -2.27. The summed E-state index contributed by atoms with van der Waals surface area (Å²) in [6.07, 6.45) is 1.97. The number of halogens is 1. The van der Waals surface area contributed by atoms with Gasteiger partial charge in [-0.1, -0.05) is 30.3 Å². The lowest BCUT2D eigenvalue weighted by atomic mass is 10.2. The van der Waals surface area contributed by atoms with Crippen LogP contribution in [0, 0.1) is 5.82 Å². The minimum atomic E-state index is -0.547. The molecule has 0 spiro atoms. The third-order valence-electron chi connectivity index (χ3n) is 5.52. The first-order valence-corrected chi connectivity index (χ1v) is 12.0. The van der Waals surface area contributed by atoms with Crippen LogP contribution in [0.1, 0.15) is 10.4 Å². The summed E-state index contributed by atoms with van der Waals surface area (Å²) in [6, 6.07) is 19.1. The third kappa shape index (κ3) is 5.09. The van der Waals surface area contributed by atoms with E-state index in [1.807, 2.05) is 35.0 Å². The zero-order valence-electron chi connectivity index (χ0n) is 18.6. The average Bonchev–Trinajstić information content (AvgIpc) is 3.47. The minimum absolute atomic E-state index is 0.0228. The van der Waals surface area contributed by atoms with Gasteiger partial charge in [0.1, 0.15) is 5.82 Å². The largest absolute Gasteiger partial charge is 0.454 e. The van der Waals surface area contributed by atoms with Crippen molar-refractivity contribution in [2.75, 3.05) is 24.4 Å². The smallest absolute Gasteiger partial charge is 0.254 e. The summed E-state index contributed by atoms with van der Waals surface area (Å²) in [6.45, 7) is 1.02. The number of nitrogens with zero attached hydrogens (tertiary/aromatic N) is 1. The van der Waals surface area contributed by atoms with Crippen molar-refractivity contribution in [2.24, 2.45) is 0 Å². The fourth-order valence-electron chi connectivity index (χ4n) is 3.86. The second kappa shape index (κ2) is 10.1. The number of hydrogen-bond acceptors (Lipinski definition) is 5. The number of fused-ring (bicyclic) bond motifs is 2. The Kier molecular flexibility index (Phi) is 6.58. The van der Waals surface area contributed by atoms with Gasteiger partial charge in [-0.05, 0) is 30.3 Å². The molecule has 178 valence electrons. The highest BCUT2D eigenvalue weighted by molar-refractivity contribution is 8.00. The number of aromatic nitrogens is 1. The number of carbonyl (C=O) groups is 2. The maximum absolute atomic E-state index is 13.8. The molecule has 0 aliphatic carbocycles. The van der Waals surface area contributed by atoms with Gasteiger partial charge in [0.2, 0.25) is 12.7 Å². The van der Waals surface area contributed by atoms with E-state index in [4.69, 9.17) is 9.47 Å². The number of carbonyl (C=O) groups excluding carboxylic acids is 2. The van der Waals surface area contributed by atoms with E-state index in [1.54, 1.807) is 30.3 Å². The molecule has 1 aliphatic rings. The molecular formula is C26H22FN3O4S.